The number of amides is 2. The fraction of sp³-hybridized carbons (Fsp3) is 0.235. The molecule has 2 aromatic rings. The number of anilines is 1. The summed E-state index contributed by atoms with van der Waals surface area (Å²) in [5.41, 5.74) is 13.6. The minimum atomic E-state index is -0.871. The highest BCUT2D eigenvalue weighted by atomic mass is 16.5. The van der Waals surface area contributed by atoms with Crippen LogP contribution in [0.5, 0.6) is 5.75 Å². The van der Waals surface area contributed by atoms with Crippen LogP contribution in [0.15, 0.2) is 30.5 Å². The number of rotatable bonds is 4. The number of aromatic nitrogens is 1. The van der Waals surface area contributed by atoms with Gasteiger partial charge in [-0.05, 0) is 50.1 Å². The van der Waals surface area contributed by atoms with Crippen LogP contribution >= 0.6 is 0 Å². The largest absolute Gasteiger partial charge is 0.410 e. The zero-order chi connectivity index (χ0) is 17.9. The maximum Gasteiger partial charge on any atom is 0.409 e. The molecule has 0 aliphatic carbocycles. The Hall–Kier alpha value is -3.09. The van der Waals surface area contributed by atoms with E-state index in [0.717, 1.165) is 16.7 Å². The molecule has 0 saturated carbocycles. The minimum Gasteiger partial charge on any atom is -0.410 e. The highest BCUT2D eigenvalue weighted by molar-refractivity contribution is 5.99. The van der Waals surface area contributed by atoms with E-state index in [1.165, 1.54) is 0 Å². The first-order chi connectivity index (χ1) is 11.3. The molecule has 0 bridgehead atoms. The number of nitrogens with zero attached hydrogens (tertiary/aromatic N) is 1. The lowest BCUT2D eigenvalue weighted by Gasteiger charge is -2.12. The van der Waals surface area contributed by atoms with Crippen LogP contribution in [0.1, 0.15) is 29.8 Å². The molecule has 0 aliphatic rings. The SMILES string of the molecule is Cc1cc(OC(N)=O)ccc1-c1cnc(N)c(C(=O)NC(C)C)c1. The third-order valence-electron chi connectivity index (χ3n) is 3.31. The van der Waals surface area contributed by atoms with Gasteiger partial charge in [0.2, 0.25) is 0 Å². The van der Waals surface area contributed by atoms with Crippen LogP contribution in [0.2, 0.25) is 0 Å². The molecule has 0 fully saturated rings. The zero-order valence-electron chi connectivity index (χ0n) is 13.8. The van der Waals surface area contributed by atoms with E-state index in [2.05, 4.69) is 10.3 Å². The molecule has 7 nitrogen and oxygen atoms in total. The quantitative estimate of drug-likeness (QED) is 0.795. The second-order valence-electron chi connectivity index (χ2n) is 5.68. The molecule has 2 amide bonds. The molecule has 24 heavy (non-hydrogen) atoms. The molecular formula is C17H20N4O3. The van der Waals surface area contributed by atoms with Gasteiger partial charge in [0.15, 0.2) is 0 Å². The van der Waals surface area contributed by atoms with Gasteiger partial charge >= 0.3 is 6.09 Å². The van der Waals surface area contributed by atoms with Gasteiger partial charge in [-0.25, -0.2) is 9.78 Å². The molecular weight excluding hydrogens is 308 g/mol. The number of nitrogens with one attached hydrogen (secondary N) is 1. The highest BCUT2D eigenvalue weighted by Gasteiger charge is 2.14. The lowest BCUT2D eigenvalue weighted by molar-refractivity contribution is 0.0943. The number of primary amides is 1. The van der Waals surface area contributed by atoms with Gasteiger partial charge in [0.25, 0.3) is 5.91 Å². The zero-order valence-corrected chi connectivity index (χ0v) is 13.8. The highest BCUT2D eigenvalue weighted by Crippen LogP contribution is 2.28. The number of aryl methyl sites for hydroxylation is 1. The van der Waals surface area contributed by atoms with Crippen LogP contribution in [-0.4, -0.2) is 23.0 Å². The third-order valence-corrected chi connectivity index (χ3v) is 3.31. The van der Waals surface area contributed by atoms with Crippen molar-refractivity contribution in [2.75, 3.05) is 5.73 Å². The summed E-state index contributed by atoms with van der Waals surface area (Å²) in [6, 6.07) is 6.76. The van der Waals surface area contributed by atoms with Crippen LogP contribution in [0.4, 0.5) is 10.6 Å². The smallest absolute Gasteiger partial charge is 0.409 e. The van der Waals surface area contributed by atoms with E-state index in [9.17, 15) is 9.59 Å². The Balaban J connectivity index is 2.39. The van der Waals surface area contributed by atoms with Gasteiger partial charge in [-0.15, -0.1) is 0 Å². The predicted octanol–water partition coefficient (Wildman–Crippen LogP) is 2.23. The van der Waals surface area contributed by atoms with Crippen LogP contribution in [0, 0.1) is 6.92 Å². The number of benzene rings is 1. The summed E-state index contributed by atoms with van der Waals surface area (Å²) < 4.78 is 4.85. The molecule has 0 atom stereocenters. The fourth-order valence-electron chi connectivity index (χ4n) is 2.28. The molecule has 1 aromatic heterocycles. The van der Waals surface area contributed by atoms with Gasteiger partial charge < -0.3 is 21.5 Å². The van der Waals surface area contributed by atoms with Crippen molar-refractivity contribution in [2.45, 2.75) is 26.8 Å². The molecule has 1 aromatic carbocycles. The number of nitrogens with two attached hydrogens (primary N) is 2. The molecule has 0 unspecified atom stereocenters. The maximum atomic E-state index is 12.2. The van der Waals surface area contributed by atoms with Gasteiger partial charge in [0, 0.05) is 17.8 Å². The summed E-state index contributed by atoms with van der Waals surface area (Å²) in [5, 5.41) is 2.79. The third kappa shape index (κ3) is 4.01. The minimum absolute atomic E-state index is 0.00692. The van der Waals surface area contributed by atoms with Crippen molar-refractivity contribution in [1.29, 1.82) is 0 Å². The first-order valence-corrected chi connectivity index (χ1v) is 7.42. The van der Waals surface area contributed by atoms with Gasteiger partial charge in [-0.3, -0.25) is 4.79 Å². The molecule has 126 valence electrons. The first-order valence-electron chi connectivity index (χ1n) is 7.42. The van der Waals surface area contributed by atoms with Crippen LogP contribution in [0.25, 0.3) is 11.1 Å². The number of carbonyl (C=O) groups excluding carboxylic acids is 2. The number of hydrogen-bond donors (Lipinski definition) is 3. The van der Waals surface area contributed by atoms with E-state index in [0.29, 0.717) is 11.3 Å². The number of hydrogen-bond acceptors (Lipinski definition) is 5. The van der Waals surface area contributed by atoms with Crippen molar-refractivity contribution in [3.63, 3.8) is 0 Å². The second-order valence-corrected chi connectivity index (χ2v) is 5.68. The Labute approximate surface area is 140 Å². The summed E-state index contributed by atoms with van der Waals surface area (Å²) in [4.78, 5) is 27.1. The van der Waals surface area contributed by atoms with Crippen LogP contribution in [0.3, 0.4) is 0 Å². The van der Waals surface area contributed by atoms with E-state index in [1.54, 1.807) is 30.5 Å². The van der Waals surface area contributed by atoms with E-state index in [1.807, 2.05) is 20.8 Å². The Kier molecular flexibility index (Phi) is 5.03. The van der Waals surface area contributed by atoms with E-state index in [4.69, 9.17) is 16.2 Å². The van der Waals surface area contributed by atoms with Gasteiger partial charge in [0.1, 0.15) is 11.6 Å². The second kappa shape index (κ2) is 6.99. The number of pyridine rings is 1. The summed E-state index contributed by atoms with van der Waals surface area (Å²) >= 11 is 0. The molecule has 0 spiro atoms. The van der Waals surface area contributed by atoms with Gasteiger partial charge in [0.05, 0.1) is 5.56 Å². The van der Waals surface area contributed by atoms with Crippen molar-refractivity contribution in [1.82, 2.24) is 10.3 Å². The van der Waals surface area contributed by atoms with Crippen molar-refractivity contribution in [3.8, 4) is 16.9 Å². The fourth-order valence-corrected chi connectivity index (χ4v) is 2.28. The lowest BCUT2D eigenvalue weighted by atomic mass is 10.00. The summed E-state index contributed by atoms with van der Waals surface area (Å²) in [5.74, 6) is 0.247. The normalized spacial score (nSPS) is 10.5. The summed E-state index contributed by atoms with van der Waals surface area (Å²) in [7, 11) is 0. The topological polar surface area (TPSA) is 120 Å². The van der Waals surface area contributed by atoms with E-state index < -0.39 is 6.09 Å². The number of carbonyl (C=O) groups is 2. The van der Waals surface area contributed by atoms with Gasteiger partial charge in [-0.1, -0.05) is 6.07 Å². The molecule has 1 heterocycles. The molecule has 0 saturated heterocycles. The monoisotopic (exact) mass is 328 g/mol. The average molecular weight is 328 g/mol. The van der Waals surface area contributed by atoms with Crippen molar-refractivity contribution in [3.05, 3.63) is 41.6 Å². The average Bonchev–Trinajstić information content (AvgIpc) is 2.47. The summed E-state index contributed by atoms with van der Waals surface area (Å²) in [6.45, 7) is 5.59. The Morgan fingerprint density at radius 3 is 2.54 bits per heavy atom. The molecule has 0 radical (unpaired) electrons. The lowest BCUT2D eigenvalue weighted by Crippen LogP contribution is -2.30. The van der Waals surface area contributed by atoms with Crippen LogP contribution < -0.4 is 21.5 Å². The standard InChI is InChI=1S/C17H20N4O3/c1-9(2)21-16(22)14-7-11(8-20-15(14)18)13-5-4-12(6-10(13)3)24-17(19)23/h4-9H,1-3H3,(H2,18,20)(H2,19,23)(H,21,22). The summed E-state index contributed by atoms with van der Waals surface area (Å²) in [6.07, 6.45) is 0.724. The predicted molar refractivity (Wildman–Crippen MR) is 91.6 cm³/mol. The van der Waals surface area contributed by atoms with Crippen LogP contribution in [-0.2, 0) is 0 Å². The van der Waals surface area contributed by atoms with Crippen molar-refractivity contribution in [2.24, 2.45) is 5.73 Å². The van der Waals surface area contributed by atoms with Crippen molar-refractivity contribution >= 4 is 17.8 Å². The molecule has 5 N–H and O–H groups in total. The maximum absolute atomic E-state index is 12.2. The van der Waals surface area contributed by atoms with E-state index in [-0.39, 0.29) is 17.8 Å². The Morgan fingerprint density at radius 2 is 1.96 bits per heavy atom. The van der Waals surface area contributed by atoms with Crippen molar-refractivity contribution < 1.29 is 14.3 Å². The van der Waals surface area contributed by atoms with E-state index >= 15 is 0 Å². The number of ether oxygens (including phenoxy) is 1. The Morgan fingerprint density at radius 1 is 1.25 bits per heavy atom. The number of nitrogen functional groups attached to an aromatic ring is 1. The van der Waals surface area contributed by atoms with Gasteiger partial charge in [-0.2, -0.15) is 0 Å². The first kappa shape index (κ1) is 17.3. The molecule has 7 heteroatoms. The molecule has 0 aliphatic heterocycles. The molecule has 2 rings (SSSR count). The Bertz CT molecular complexity index is 787.